The standard InChI is InChI=1S/C21H16ClFO3/c22-12-11-15-13-14(5-8-19(15)24)20(25)9-6-16-7-10-21(26-16)17-3-1-2-4-18(17)23/h1-10,13,24H,11-12H2. The van der Waals surface area contributed by atoms with Gasteiger partial charge in [0.05, 0.1) is 5.56 Å². The number of ketones is 1. The molecule has 2 aromatic carbocycles. The number of alkyl halides is 1. The Balaban J connectivity index is 1.77. The molecule has 0 aliphatic carbocycles. The SMILES string of the molecule is O=C(C=Cc1ccc(-c2ccccc2F)o1)c1ccc(O)c(CCCl)c1. The first-order valence-electron chi connectivity index (χ1n) is 8.03. The van der Waals surface area contributed by atoms with Crippen molar-refractivity contribution in [2.24, 2.45) is 0 Å². The Labute approximate surface area is 155 Å². The van der Waals surface area contributed by atoms with E-state index in [9.17, 15) is 14.3 Å². The summed E-state index contributed by atoms with van der Waals surface area (Å²) in [6, 6.07) is 14.3. The van der Waals surface area contributed by atoms with Crippen LogP contribution in [0.1, 0.15) is 21.7 Å². The highest BCUT2D eigenvalue weighted by Gasteiger charge is 2.09. The fourth-order valence-electron chi connectivity index (χ4n) is 2.54. The van der Waals surface area contributed by atoms with Crippen LogP contribution >= 0.6 is 11.6 Å². The van der Waals surface area contributed by atoms with E-state index in [1.807, 2.05) is 0 Å². The lowest BCUT2D eigenvalue weighted by molar-refractivity contribution is 0.104. The minimum absolute atomic E-state index is 0.117. The minimum atomic E-state index is -0.371. The van der Waals surface area contributed by atoms with Crippen molar-refractivity contribution in [2.75, 3.05) is 5.88 Å². The monoisotopic (exact) mass is 370 g/mol. The largest absolute Gasteiger partial charge is 0.508 e. The molecule has 1 heterocycles. The minimum Gasteiger partial charge on any atom is -0.508 e. The maximum Gasteiger partial charge on any atom is 0.185 e. The van der Waals surface area contributed by atoms with Crippen molar-refractivity contribution in [1.82, 2.24) is 0 Å². The Bertz CT molecular complexity index is 959. The predicted molar refractivity (Wildman–Crippen MR) is 100.0 cm³/mol. The quantitative estimate of drug-likeness (QED) is 0.355. The summed E-state index contributed by atoms with van der Waals surface area (Å²) in [5.74, 6) is 0.702. The summed E-state index contributed by atoms with van der Waals surface area (Å²) in [5.41, 5.74) is 1.43. The molecular formula is C21H16ClFO3. The van der Waals surface area contributed by atoms with Gasteiger partial charge in [0.1, 0.15) is 23.1 Å². The molecule has 0 fully saturated rings. The van der Waals surface area contributed by atoms with E-state index in [4.69, 9.17) is 16.0 Å². The molecule has 1 aromatic heterocycles. The van der Waals surface area contributed by atoms with E-state index in [-0.39, 0.29) is 17.3 Å². The Hall–Kier alpha value is -2.85. The molecule has 26 heavy (non-hydrogen) atoms. The van der Waals surface area contributed by atoms with Crippen LogP contribution in [0.25, 0.3) is 17.4 Å². The van der Waals surface area contributed by atoms with Crippen molar-refractivity contribution < 1.29 is 18.7 Å². The molecule has 0 atom stereocenters. The molecule has 0 bridgehead atoms. The first-order chi connectivity index (χ1) is 12.6. The molecule has 0 unspecified atom stereocenters. The van der Waals surface area contributed by atoms with Gasteiger partial charge in [0.15, 0.2) is 5.78 Å². The van der Waals surface area contributed by atoms with Crippen molar-refractivity contribution >= 4 is 23.5 Å². The van der Waals surface area contributed by atoms with Gasteiger partial charge >= 0.3 is 0 Å². The number of benzene rings is 2. The van der Waals surface area contributed by atoms with Crippen LogP contribution in [0.5, 0.6) is 5.75 Å². The smallest absolute Gasteiger partial charge is 0.185 e. The molecule has 0 aliphatic heterocycles. The van der Waals surface area contributed by atoms with Gasteiger partial charge in [-0.05, 0) is 66.6 Å². The van der Waals surface area contributed by atoms with E-state index in [2.05, 4.69) is 0 Å². The Morgan fingerprint density at radius 3 is 2.73 bits per heavy atom. The van der Waals surface area contributed by atoms with E-state index in [0.29, 0.717) is 40.5 Å². The maximum atomic E-state index is 13.8. The van der Waals surface area contributed by atoms with Gasteiger partial charge in [-0.1, -0.05) is 12.1 Å². The molecule has 3 nitrogen and oxygen atoms in total. The van der Waals surface area contributed by atoms with Crippen LogP contribution in [0.4, 0.5) is 4.39 Å². The summed E-state index contributed by atoms with van der Waals surface area (Å²) >= 11 is 5.70. The van der Waals surface area contributed by atoms with Crippen molar-refractivity contribution in [3.05, 3.63) is 83.4 Å². The van der Waals surface area contributed by atoms with Crippen LogP contribution < -0.4 is 0 Å². The van der Waals surface area contributed by atoms with Crippen molar-refractivity contribution in [1.29, 1.82) is 0 Å². The number of carbonyl (C=O) groups excluding carboxylic acids is 1. The summed E-state index contributed by atoms with van der Waals surface area (Å²) in [6.07, 6.45) is 3.38. The number of rotatable bonds is 6. The maximum absolute atomic E-state index is 13.8. The highest BCUT2D eigenvalue weighted by molar-refractivity contribution is 6.18. The molecule has 3 aromatic rings. The Morgan fingerprint density at radius 2 is 1.96 bits per heavy atom. The van der Waals surface area contributed by atoms with Gasteiger partial charge in [-0.3, -0.25) is 4.79 Å². The lowest BCUT2D eigenvalue weighted by Gasteiger charge is -2.04. The topological polar surface area (TPSA) is 50.4 Å². The van der Waals surface area contributed by atoms with E-state index in [0.717, 1.165) is 0 Å². The molecule has 1 N–H and O–H groups in total. The van der Waals surface area contributed by atoms with Crippen LogP contribution in [0.15, 0.2) is 65.1 Å². The zero-order valence-electron chi connectivity index (χ0n) is 13.8. The number of phenols is 1. The lowest BCUT2D eigenvalue weighted by Crippen LogP contribution is -1.97. The number of carbonyl (C=O) groups is 1. The molecule has 0 radical (unpaired) electrons. The number of hydrogen-bond donors (Lipinski definition) is 1. The van der Waals surface area contributed by atoms with Gasteiger partial charge in [-0.15, -0.1) is 11.6 Å². The molecule has 5 heteroatoms. The second-order valence-corrected chi connectivity index (χ2v) is 6.04. The summed E-state index contributed by atoms with van der Waals surface area (Å²) in [4.78, 5) is 12.3. The highest BCUT2D eigenvalue weighted by Crippen LogP contribution is 2.25. The van der Waals surface area contributed by atoms with Gasteiger partial charge in [0.2, 0.25) is 0 Å². The number of aryl methyl sites for hydroxylation is 1. The van der Waals surface area contributed by atoms with Crippen molar-refractivity contribution in [2.45, 2.75) is 6.42 Å². The van der Waals surface area contributed by atoms with Crippen LogP contribution in [-0.4, -0.2) is 16.8 Å². The third-order valence-corrected chi connectivity index (χ3v) is 4.08. The summed E-state index contributed by atoms with van der Waals surface area (Å²) in [7, 11) is 0. The van der Waals surface area contributed by atoms with Gasteiger partial charge in [-0.2, -0.15) is 0 Å². The molecular weight excluding hydrogens is 355 g/mol. The number of furan rings is 1. The van der Waals surface area contributed by atoms with Gasteiger partial charge in [0, 0.05) is 11.4 Å². The zero-order chi connectivity index (χ0) is 18.5. The average Bonchev–Trinajstić information content (AvgIpc) is 3.11. The molecule has 0 aliphatic rings. The van der Waals surface area contributed by atoms with E-state index in [1.165, 1.54) is 24.3 Å². The molecule has 0 spiro atoms. The fraction of sp³-hybridized carbons (Fsp3) is 0.0952. The summed E-state index contributed by atoms with van der Waals surface area (Å²) in [5, 5.41) is 9.76. The van der Waals surface area contributed by atoms with Crippen LogP contribution in [-0.2, 0) is 6.42 Å². The van der Waals surface area contributed by atoms with Crippen LogP contribution in [0.2, 0.25) is 0 Å². The first kappa shape index (κ1) is 18.0. The first-order valence-corrected chi connectivity index (χ1v) is 8.57. The van der Waals surface area contributed by atoms with E-state index in [1.54, 1.807) is 42.5 Å². The highest BCUT2D eigenvalue weighted by atomic mass is 35.5. The molecule has 3 rings (SSSR count). The predicted octanol–water partition coefficient (Wildman–Crippen LogP) is 5.47. The molecule has 0 saturated heterocycles. The van der Waals surface area contributed by atoms with Crippen molar-refractivity contribution in [3.63, 3.8) is 0 Å². The summed E-state index contributed by atoms with van der Waals surface area (Å²) < 4.78 is 19.4. The summed E-state index contributed by atoms with van der Waals surface area (Å²) in [6.45, 7) is 0. The Kier molecular flexibility index (Phi) is 5.54. The second-order valence-electron chi connectivity index (χ2n) is 5.66. The van der Waals surface area contributed by atoms with Gasteiger partial charge in [0.25, 0.3) is 0 Å². The third kappa shape index (κ3) is 4.03. The Morgan fingerprint density at radius 1 is 1.15 bits per heavy atom. The number of aromatic hydroxyl groups is 1. The number of allylic oxidation sites excluding steroid dienone is 1. The second kappa shape index (κ2) is 8.02. The number of phenolic OH excluding ortho intramolecular Hbond substituents is 1. The average molecular weight is 371 g/mol. The fourth-order valence-corrected chi connectivity index (χ4v) is 2.75. The number of halogens is 2. The van der Waals surface area contributed by atoms with Crippen LogP contribution in [0, 0.1) is 5.82 Å². The lowest BCUT2D eigenvalue weighted by atomic mass is 10.0. The molecule has 0 saturated carbocycles. The van der Waals surface area contributed by atoms with Crippen molar-refractivity contribution in [3.8, 4) is 17.1 Å². The number of hydrogen-bond acceptors (Lipinski definition) is 3. The van der Waals surface area contributed by atoms with Gasteiger partial charge < -0.3 is 9.52 Å². The zero-order valence-corrected chi connectivity index (χ0v) is 14.5. The van der Waals surface area contributed by atoms with E-state index < -0.39 is 0 Å². The normalized spacial score (nSPS) is 11.2. The van der Waals surface area contributed by atoms with E-state index >= 15 is 0 Å². The van der Waals surface area contributed by atoms with Crippen LogP contribution in [0.3, 0.4) is 0 Å². The van der Waals surface area contributed by atoms with Gasteiger partial charge in [-0.25, -0.2) is 4.39 Å². The third-order valence-electron chi connectivity index (χ3n) is 3.89. The molecule has 132 valence electrons. The molecule has 0 amide bonds.